The molecule has 0 aromatic heterocycles. The lowest BCUT2D eigenvalue weighted by molar-refractivity contribution is 0.936. The van der Waals surface area contributed by atoms with Crippen LogP contribution in [0, 0.1) is 0 Å². The van der Waals surface area contributed by atoms with Gasteiger partial charge < -0.3 is 5.32 Å². The first-order chi connectivity index (χ1) is 4.86. The van der Waals surface area contributed by atoms with Crippen molar-refractivity contribution in [3.63, 3.8) is 0 Å². The van der Waals surface area contributed by atoms with Gasteiger partial charge in [0.15, 0.2) is 0 Å². The van der Waals surface area contributed by atoms with Crippen LogP contribution in [0.5, 0.6) is 0 Å². The van der Waals surface area contributed by atoms with Gasteiger partial charge in [0, 0.05) is 12.7 Å². The molecule has 1 N–H and O–H groups in total. The SMILES string of the molecule is CC1=CC2=CCNC=C2C1. The summed E-state index contributed by atoms with van der Waals surface area (Å²) in [5.41, 5.74) is 4.35. The summed E-state index contributed by atoms with van der Waals surface area (Å²) >= 11 is 0. The molecule has 52 valence electrons. The molecule has 0 unspecified atom stereocenters. The summed E-state index contributed by atoms with van der Waals surface area (Å²) in [7, 11) is 0. The van der Waals surface area contributed by atoms with Gasteiger partial charge in [-0.05, 0) is 24.5 Å². The maximum atomic E-state index is 3.20. The zero-order valence-electron chi connectivity index (χ0n) is 6.15. The maximum absolute atomic E-state index is 3.20. The summed E-state index contributed by atoms with van der Waals surface area (Å²) in [6.07, 6.45) is 7.78. The number of nitrogens with one attached hydrogen (secondary N) is 1. The van der Waals surface area contributed by atoms with Gasteiger partial charge in [-0.2, -0.15) is 0 Å². The van der Waals surface area contributed by atoms with Crippen LogP contribution in [-0.4, -0.2) is 6.54 Å². The molecule has 1 heteroatoms. The van der Waals surface area contributed by atoms with E-state index in [0.717, 1.165) is 13.0 Å². The van der Waals surface area contributed by atoms with Gasteiger partial charge in [0.1, 0.15) is 0 Å². The first-order valence-corrected chi connectivity index (χ1v) is 3.66. The molecule has 0 amide bonds. The van der Waals surface area contributed by atoms with Crippen molar-refractivity contribution >= 4 is 0 Å². The van der Waals surface area contributed by atoms with E-state index in [-0.39, 0.29) is 0 Å². The molecular weight excluding hydrogens is 122 g/mol. The molecule has 1 aliphatic heterocycles. The van der Waals surface area contributed by atoms with E-state index < -0.39 is 0 Å². The highest BCUT2D eigenvalue weighted by atomic mass is 14.8. The molecular formula is C9H11N. The fourth-order valence-electron chi connectivity index (χ4n) is 1.49. The van der Waals surface area contributed by atoms with E-state index in [2.05, 4.69) is 30.6 Å². The third-order valence-corrected chi connectivity index (χ3v) is 1.96. The zero-order valence-corrected chi connectivity index (χ0v) is 6.15. The fraction of sp³-hybridized carbons (Fsp3) is 0.333. The molecule has 1 nitrogen and oxygen atoms in total. The van der Waals surface area contributed by atoms with Crippen molar-refractivity contribution < 1.29 is 0 Å². The predicted molar refractivity (Wildman–Crippen MR) is 42.5 cm³/mol. The topological polar surface area (TPSA) is 12.0 Å². The quantitative estimate of drug-likeness (QED) is 0.531. The molecule has 10 heavy (non-hydrogen) atoms. The van der Waals surface area contributed by atoms with E-state index in [0.29, 0.717) is 0 Å². The highest BCUT2D eigenvalue weighted by molar-refractivity contribution is 5.50. The van der Waals surface area contributed by atoms with Gasteiger partial charge in [-0.3, -0.25) is 0 Å². The van der Waals surface area contributed by atoms with Crippen molar-refractivity contribution in [2.24, 2.45) is 0 Å². The Hall–Kier alpha value is -0.980. The van der Waals surface area contributed by atoms with Crippen molar-refractivity contribution in [1.82, 2.24) is 5.32 Å². The van der Waals surface area contributed by atoms with E-state index in [9.17, 15) is 0 Å². The Morgan fingerprint density at radius 2 is 2.40 bits per heavy atom. The van der Waals surface area contributed by atoms with Crippen LogP contribution in [0.2, 0.25) is 0 Å². The Morgan fingerprint density at radius 1 is 1.50 bits per heavy atom. The summed E-state index contributed by atoms with van der Waals surface area (Å²) in [4.78, 5) is 0. The molecule has 0 aromatic carbocycles. The lowest BCUT2D eigenvalue weighted by atomic mass is 10.1. The molecule has 0 radical (unpaired) electrons. The van der Waals surface area contributed by atoms with Crippen LogP contribution in [0.1, 0.15) is 13.3 Å². The minimum absolute atomic E-state index is 0.989. The van der Waals surface area contributed by atoms with Crippen molar-refractivity contribution in [3.05, 3.63) is 35.1 Å². The maximum Gasteiger partial charge on any atom is 0.0334 e. The van der Waals surface area contributed by atoms with Gasteiger partial charge in [0.05, 0.1) is 0 Å². The molecule has 0 saturated carbocycles. The summed E-state index contributed by atoms with van der Waals surface area (Å²) in [6, 6.07) is 0. The van der Waals surface area contributed by atoms with Crippen LogP contribution < -0.4 is 5.32 Å². The number of dihydropyridines is 1. The van der Waals surface area contributed by atoms with E-state index in [1.807, 2.05) is 0 Å². The zero-order chi connectivity index (χ0) is 6.97. The van der Waals surface area contributed by atoms with Crippen LogP contribution in [0.4, 0.5) is 0 Å². The first kappa shape index (κ1) is 5.78. The number of rotatable bonds is 0. The minimum Gasteiger partial charge on any atom is -0.387 e. The molecule has 0 fully saturated rings. The molecule has 0 bridgehead atoms. The monoisotopic (exact) mass is 133 g/mol. The molecule has 0 atom stereocenters. The van der Waals surface area contributed by atoms with E-state index >= 15 is 0 Å². The van der Waals surface area contributed by atoms with Gasteiger partial charge in [-0.15, -0.1) is 0 Å². The average Bonchev–Trinajstić information content (AvgIpc) is 2.27. The molecule has 1 heterocycles. The van der Waals surface area contributed by atoms with Gasteiger partial charge in [-0.1, -0.05) is 17.7 Å². The second-order valence-electron chi connectivity index (χ2n) is 2.90. The van der Waals surface area contributed by atoms with Gasteiger partial charge in [0.25, 0.3) is 0 Å². The Labute approximate surface area is 61.1 Å². The van der Waals surface area contributed by atoms with E-state index in [1.54, 1.807) is 0 Å². The smallest absolute Gasteiger partial charge is 0.0334 e. The van der Waals surface area contributed by atoms with Gasteiger partial charge >= 0.3 is 0 Å². The summed E-state index contributed by atoms with van der Waals surface area (Å²) in [6.45, 7) is 3.17. The van der Waals surface area contributed by atoms with Gasteiger partial charge in [-0.25, -0.2) is 0 Å². The highest BCUT2D eigenvalue weighted by Crippen LogP contribution is 2.29. The second-order valence-corrected chi connectivity index (χ2v) is 2.90. The Bertz CT molecular complexity index is 243. The van der Waals surface area contributed by atoms with Crippen LogP contribution in [-0.2, 0) is 0 Å². The van der Waals surface area contributed by atoms with Crippen molar-refractivity contribution in [3.8, 4) is 0 Å². The molecule has 0 saturated heterocycles. The van der Waals surface area contributed by atoms with Crippen LogP contribution in [0.25, 0.3) is 0 Å². The summed E-state index contributed by atoms with van der Waals surface area (Å²) in [5, 5.41) is 3.20. The van der Waals surface area contributed by atoms with E-state index in [4.69, 9.17) is 0 Å². The summed E-state index contributed by atoms with van der Waals surface area (Å²) in [5.74, 6) is 0. The van der Waals surface area contributed by atoms with Crippen LogP contribution >= 0.6 is 0 Å². The standard InChI is InChI=1S/C9H11N/c1-7-4-8-2-3-10-6-9(8)5-7/h2,4,6,10H,3,5H2,1H3. The number of allylic oxidation sites excluding steroid dienone is 4. The fourth-order valence-corrected chi connectivity index (χ4v) is 1.49. The number of fused-ring (bicyclic) bond motifs is 1. The second kappa shape index (κ2) is 2.01. The predicted octanol–water partition coefficient (Wildman–Crippen LogP) is 1.75. The van der Waals surface area contributed by atoms with Gasteiger partial charge in [0.2, 0.25) is 0 Å². The van der Waals surface area contributed by atoms with E-state index in [1.165, 1.54) is 16.7 Å². The molecule has 0 aromatic rings. The third-order valence-electron chi connectivity index (χ3n) is 1.96. The Balaban J connectivity index is 2.36. The van der Waals surface area contributed by atoms with Crippen LogP contribution in [0.3, 0.4) is 0 Å². The molecule has 2 rings (SSSR count). The lowest BCUT2D eigenvalue weighted by Gasteiger charge is -2.07. The van der Waals surface area contributed by atoms with Crippen molar-refractivity contribution in [2.45, 2.75) is 13.3 Å². The molecule has 2 aliphatic rings. The Kier molecular flexibility index (Phi) is 1.16. The molecule has 0 spiro atoms. The summed E-state index contributed by atoms with van der Waals surface area (Å²) < 4.78 is 0. The van der Waals surface area contributed by atoms with Crippen LogP contribution in [0.15, 0.2) is 35.1 Å². The lowest BCUT2D eigenvalue weighted by Crippen LogP contribution is -2.10. The van der Waals surface area contributed by atoms with Crippen molar-refractivity contribution in [2.75, 3.05) is 6.54 Å². The first-order valence-electron chi connectivity index (χ1n) is 3.66. The minimum atomic E-state index is 0.989. The normalized spacial score (nSPS) is 22.3. The number of hydrogen-bond acceptors (Lipinski definition) is 1. The molecule has 1 aliphatic carbocycles. The number of hydrogen-bond donors (Lipinski definition) is 1. The Morgan fingerprint density at radius 3 is 3.20 bits per heavy atom. The van der Waals surface area contributed by atoms with Crippen molar-refractivity contribution in [1.29, 1.82) is 0 Å². The largest absolute Gasteiger partial charge is 0.387 e. The average molecular weight is 133 g/mol. The third kappa shape index (κ3) is 0.783. The highest BCUT2D eigenvalue weighted by Gasteiger charge is 2.12.